The van der Waals surface area contributed by atoms with Gasteiger partial charge in [-0.3, -0.25) is 0 Å². The van der Waals surface area contributed by atoms with E-state index in [1.54, 1.807) is 0 Å². The van der Waals surface area contributed by atoms with Crippen LogP contribution in [0.2, 0.25) is 0 Å². The Morgan fingerprint density at radius 2 is 0.574 bits per heavy atom. The van der Waals surface area contributed by atoms with Gasteiger partial charge in [0.05, 0.1) is 12.1 Å². The molecule has 0 saturated carbocycles. The molecule has 0 spiro atoms. The molecular formula is C50H96N4. The summed E-state index contributed by atoms with van der Waals surface area (Å²) in [7, 11) is 0. The highest BCUT2D eigenvalue weighted by Crippen LogP contribution is 2.35. The molecule has 0 amide bonds. The van der Waals surface area contributed by atoms with Gasteiger partial charge in [-0.25, -0.2) is 0 Å². The number of nitrogens with zero attached hydrogens (tertiary/aromatic N) is 4. The molecule has 0 aliphatic carbocycles. The van der Waals surface area contributed by atoms with E-state index < -0.39 is 11.1 Å². The van der Waals surface area contributed by atoms with Gasteiger partial charge in [0, 0.05) is 0 Å². The highest BCUT2D eigenvalue weighted by atomic mass is 15.2. The van der Waals surface area contributed by atoms with Crippen LogP contribution in [-0.2, 0) is 0 Å². The van der Waals surface area contributed by atoms with Gasteiger partial charge in [0.1, 0.15) is 0 Å². The van der Waals surface area contributed by atoms with Gasteiger partial charge in [-0.05, 0) is 50.4 Å². The van der Waals surface area contributed by atoms with Crippen LogP contribution in [0.5, 0.6) is 0 Å². The van der Waals surface area contributed by atoms with Crippen LogP contribution in [0.4, 0.5) is 0 Å². The quantitative estimate of drug-likeness (QED) is 0.0460. The molecule has 4 unspecified atom stereocenters. The summed E-state index contributed by atoms with van der Waals surface area (Å²) < 4.78 is 0. The molecule has 0 rings (SSSR count). The summed E-state index contributed by atoms with van der Waals surface area (Å²) in [4.78, 5) is 0. The smallest absolute Gasteiger partial charge is 0.167 e. The van der Waals surface area contributed by atoms with Crippen molar-refractivity contribution in [3.05, 3.63) is 0 Å². The van der Waals surface area contributed by atoms with Crippen molar-refractivity contribution in [3.63, 3.8) is 0 Å². The number of unbranched alkanes of at least 4 members (excludes halogenated alkanes) is 28. The lowest BCUT2D eigenvalue weighted by Gasteiger charge is -2.29. The van der Waals surface area contributed by atoms with Crippen LogP contribution in [0.15, 0.2) is 10.2 Å². The lowest BCUT2D eigenvalue weighted by atomic mass is 9.82. The Hall–Kier alpha value is -1.42. The van der Waals surface area contributed by atoms with Gasteiger partial charge in [0.2, 0.25) is 0 Å². The van der Waals surface area contributed by atoms with Gasteiger partial charge in [0.15, 0.2) is 11.1 Å². The van der Waals surface area contributed by atoms with Crippen molar-refractivity contribution in [2.24, 2.45) is 22.1 Å². The minimum absolute atomic E-state index is 0.433. The highest BCUT2D eigenvalue weighted by molar-refractivity contribution is 5.11. The summed E-state index contributed by atoms with van der Waals surface area (Å²) in [5.74, 6) is 0.866. The van der Waals surface area contributed by atoms with Crippen LogP contribution < -0.4 is 0 Å². The van der Waals surface area contributed by atoms with E-state index in [0.717, 1.165) is 64.2 Å². The van der Waals surface area contributed by atoms with Crippen molar-refractivity contribution in [2.45, 2.75) is 297 Å². The Bertz CT molecular complexity index is 829. The molecule has 0 aromatic rings. The third-order valence-corrected chi connectivity index (χ3v) is 12.2. The average molecular weight is 753 g/mol. The van der Waals surface area contributed by atoms with Crippen molar-refractivity contribution < 1.29 is 0 Å². The van der Waals surface area contributed by atoms with Gasteiger partial charge in [-0.15, -0.1) is 0 Å². The predicted octanol–water partition coefficient (Wildman–Crippen LogP) is 18.1. The van der Waals surface area contributed by atoms with E-state index in [4.69, 9.17) is 10.2 Å². The first-order valence-corrected chi connectivity index (χ1v) is 24.6. The van der Waals surface area contributed by atoms with E-state index in [1.807, 2.05) is 0 Å². The number of rotatable bonds is 42. The monoisotopic (exact) mass is 753 g/mol. The van der Waals surface area contributed by atoms with Crippen molar-refractivity contribution in [2.75, 3.05) is 0 Å². The zero-order valence-electron chi connectivity index (χ0n) is 37.8. The average Bonchev–Trinajstić information content (AvgIpc) is 3.17. The van der Waals surface area contributed by atoms with Crippen LogP contribution in [0.25, 0.3) is 0 Å². The number of nitriles is 2. The summed E-state index contributed by atoms with van der Waals surface area (Å²) in [5.41, 5.74) is -1.63. The molecule has 4 heteroatoms. The number of azo groups is 1. The first-order chi connectivity index (χ1) is 26.4. The summed E-state index contributed by atoms with van der Waals surface area (Å²) in [6, 6.07) is 5.49. The van der Waals surface area contributed by atoms with Crippen LogP contribution >= 0.6 is 0 Å². The minimum Gasteiger partial charge on any atom is -0.196 e. The Kier molecular flexibility index (Phi) is 37.4. The zero-order chi connectivity index (χ0) is 39.9. The van der Waals surface area contributed by atoms with Crippen LogP contribution in [0.3, 0.4) is 0 Å². The molecule has 54 heavy (non-hydrogen) atoms. The molecule has 0 N–H and O–H groups in total. The van der Waals surface area contributed by atoms with Crippen LogP contribution in [0.1, 0.15) is 286 Å². The standard InChI is InChI=1S/C50H96N4/c1-7-11-15-19-23-27-31-35-39-47(5)43-49(45-51,41-37-33-29-25-21-17-13-9-3)53-54-50(46-52,42-38-34-30-26-22-18-14-10-4)44-48(6)40-36-32-28-24-20-16-12-8-2/h47-48H,7-44H2,1-6H3. The summed E-state index contributed by atoms with van der Waals surface area (Å²) in [5, 5.41) is 31.9. The van der Waals surface area contributed by atoms with Gasteiger partial charge < -0.3 is 0 Å². The molecule has 4 atom stereocenters. The molecule has 0 saturated heterocycles. The molecular weight excluding hydrogens is 657 g/mol. The Morgan fingerprint density at radius 3 is 0.815 bits per heavy atom. The lowest BCUT2D eigenvalue weighted by Crippen LogP contribution is -2.31. The second-order valence-electron chi connectivity index (χ2n) is 18.1. The Labute approximate surface area is 340 Å². The normalized spacial score (nSPS) is 15.1. The topological polar surface area (TPSA) is 72.3 Å². The molecule has 0 heterocycles. The van der Waals surface area contributed by atoms with E-state index in [1.165, 1.54) is 180 Å². The first kappa shape index (κ1) is 52.6. The van der Waals surface area contributed by atoms with E-state index in [0.29, 0.717) is 11.8 Å². The van der Waals surface area contributed by atoms with Crippen molar-refractivity contribution in [3.8, 4) is 12.1 Å². The largest absolute Gasteiger partial charge is 0.196 e. The van der Waals surface area contributed by atoms with E-state index in [9.17, 15) is 10.5 Å². The molecule has 0 bridgehead atoms. The molecule has 0 aromatic heterocycles. The molecule has 0 fully saturated rings. The summed E-state index contributed by atoms with van der Waals surface area (Å²) in [6.07, 6.45) is 46.7. The Balaban J connectivity index is 5.74. The zero-order valence-corrected chi connectivity index (χ0v) is 37.8. The third-order valence-electron chi connectivity index (χ3n) is 12.2. The second kappa shape index (κ2) is 38.5. The summed E-state index contributed by atoms with van der Waals surface area (Å²) >= 11 is 0. The Morgan fingerprint density at radius 1 is 0.352 bits per heavy atom. The predicted molar refractivity (Wildman–Crippen MR) is 238 cm³/mol. The first-order valence-electron chi connectivity index (χ1n) is 24.6. The maximum Gasteiger partial charge on any atom is 0.167 e. The van der Waals surface area contributed by atoms with Gasteiger partial charge in [-0.2, -0.15) is 20.8 Å². The third kappa shape index (κ3) is 30.8. The molecule has 316 valence electrons. The molecule has 0 radical (unpaired) electrons. The van der Waals surface area contributed by atoms with Crippen molar-refractivity contribution in [1.82, 2.24) is 0 Å². The summed E-state index contributed by atoms with van der Waals surface area (Å²) in [6.45, 7) is 13.8. The fourth-order valence-electron chi connectivity index (χ4n) is 8.54. The number of hydrogen-bond acceptors (Lipinski definition) is 4. The van der Waals surface area contributed by atoms with Crippen molar-refractivity contribution >= 4 is 0 Å². The second-order valence-corrected chi connectivity index (χ2v) is 18.1. The van der Waals surface area contributed by atoms with Gasteiger partial charge in [-0.1, -0.05) is 247 Å². The highest BCUT2D eigenvalue weighted by Gasteiger charge is 2.36. The minimum atomic E-state index is -0.815. The molecule has 4 nitrogen and oxygen atoms in total. The molecule has 0 aliphatic heterocycles. The SMILES string of the molecule is CCCCCCCCCCC(C)CC(C#N)(CCCCCCCCCC)N=NC(C#N)(CCCCCCCCCC)CC(C)CCCCCCCCCC. The van der Waals surface area contributed by atoms with Crippen molar-refractivity contribution in [1.29, 1.82) is 10.5 Å². The van der Waals surface area contributed by atoms with Gasteiger partial charge in [0.25, 0.3) is 0 Å². The van der Waals surface area contributed by atoms with E-state index in [-0.39, 0.29) is 0 Å². The van der Waals surface area contributed by atoms with E-state index >= 15 is 0 Å². The maximum atomic E-state index is 10.9. The maximum absolute atomic E-state index is 10.9. The fourth-order valence-corrected chi connectivity index (χ4v) is 8.54. The fraction of sp³-hybridized carbons (Fsp3) is 0.960. The lowest BCUT2D eigenvalue weighted by molar-refractivity contribution is 0.297. The molecule has 0 aromatic carbocycles. The van der Waals surface area contributed by atoms with Gasteiger partial charge >= 0.3 is 0 Å². The molecule has 0 aliphatic rings. The van der Waals surface area contributed by atoms with E-state index in [2.05, 4.69) is 53.7 Å². The van der Waals surface area contributed by atoms with Crippen LogP contribution in [-0.4, -0.2) is 11.1 Å². The number of hydrogen-bond donors (Lipinski definition) is 0. The van der Waals surface area contributed by atoms with Crippen LogP contribution in [0, 0.1) is 34.5 Å².